The summed E-state index contributed by atoms with van der Waals surface area (Å²) < 4.78 is 5.39. The molecule has 1 heterocycles. The first kappa shape index (κ1) is 13.5. The lowest BCUT2D eigenvalue weighted by atomic mass is 10.3. The van der Waals surface area contributed by atoms with E-state index >= 15 is 0 Å². The van der Waals surface area contributed by atoms with Crippen LogP contribution in [0, 0.1) is 6.92 Å². The Morgan fingerprint density at radius 3 is 2.58 bits per heavy atom. The molecule has 0 unspecified atom stereocenters. The second-order valence-corrected chi connectivity index (χ2v) is 5.17. The minimum Gasteiger partial charge on any atom is -0.494 e. The van der Waals surface area contributed by atoms with Crippen molar-refractivity contribution in [3.63, 3.8) is 0 Å². The molecule has 1 aromatic carbocycles. The molecule has 2 aromatic rings. The van der Waals surface area contributed by atoms with Crippen LogP contribution >= 0.6 is 11.3 Å². The molecule has 0 fully saturated rings. The lowest BCUT2D eigenvalue weighted by Gasteiger charge is -2.02. The quantitative estimate of drug-likeness (QED) is 0.854. The van der Waals surface area contributed by atoms with Crippen LogP contribution in [0.3, 0.4) is 0 Å². The van der Waals surface area contributed by atoms with Crippen LogP contribution in [0.15, 0.2) is 24.3 Å². The SMILES string of the molecule is CCOc1ccc(Nc2[nH+]c(C)c(C(C)=O)s2)cc1. The summed E-state index contributed by atoms with van der Waals surface area (Å²) in [6.45, 7) is 6.09. The number of aromatic amines is 1. The van der Waals surface area contributed by atoms with Gasteiger partial charge in [-0.2, -0.15) is 0 Å². The Bertz CT molecular complexity index is 576. The first-order valence-electron chi connectivity index (χ1n) is 6.13. The first-order valence-corrected chi connectivity index (χ1v) is 6.95. The summed E-state index contributed by atoms with van der Waals surface area (Å²) in [6.07, 6.45) is 0. The average molecular weight is 277 g/mol. The summed E-state index contributed by atoms with van der Waals surface area (Å²) in [5, 5.41) is 4.10. The number of rotatable bonds is 5. The van der Waals surface area contributed by atoms with Gasteiger partial charge < -0.3 is 4.74 Å². The predicted octanol–water partition coefficient (Wildman–Crippen LogP) is 3.22. The van der Waals surface area contributed by atoms with Gasteiger partial charge in [0, 0.05) is 6.92 Å². The van der Waals surface area contributed by atoms with E-state index in [0.29, 0.717) is 6.61 Å². The third kappa shape index (κ3) is 3.32. The maximum atomic E-state index is 11.4. The molecule has 100 valence electrons. The van der Waals surface area contributed by atoms with Crippen LogP contribution in [-0.2, 0) is 0 Å². The summed E-state index contributed by atoms with van der Waals surface area (Å²) >= 11 is 1.43. The van der Waals surface area contributed by atoms with Crippen molar-refractivity contribution in [3.05, 3.63) is 34.8 Å². The topological polar surface area (TPSA) is 52.5 Å². The summed E-state index contributed by atoms with van der Waals surface area (Å²) in [5.41, 5.74) is 1.85. The van der Waals surface area contributed by atoms with E-state index in [4.69, 9.17) is 4.74 Å². The third-order valence-corrected chi connectivity index (χ3v) is 3.79. The van der Waals surface area contributed by atoms with Crippen LogP contribution < -0.4 is 15.0 Å². The molecule has 0 atom stereocenters. The Labute approximate surface area is 116 Å². The van der Waals surface area contributed by atoms with E-state index in [2.05, 4.69) is 10.3 Å². The third-order valence-electron chi connectivity index (χ3n) is 2.59. The first-order chi connectivity index (χ1) is 9.10. The van der Waals surface area contributed by atoms with Gasteiger partial charge in [0.2, 0.25) is 0 Å². The molecular weight excluding hydrogens is 260 g/mol. The van der Waals surface area contributed by atoms with Gasteiger partial charge in [-0.25, -0.2) is 10.3 Å². The molecule has 19 heavy (non-hydrogen) atoms. The number of thiazole rings is 1. The van der Waals surface area contributed by atoms with Gasteiger partial charge in [-0.15, -0.1) is 0 Å². The monoisotopic (exact) mass is 277 g/mol. The van der Waals surface area contributed by atoms with Gasteiger partial charge in [-0.1, -0.05) is 0 Å². The number of hydrogen-bond donors (Lipinski definition) is 1. The van der Waals surface area contributed by atoms with E-state index < -0.39 is 0 Å². The molecule has 2 rings (SSSR count). The highest BCUT2D eigenvalue weighted by Gasteiger charge is 2.16. The van der Waals surface area contributed by atoms with E-state index in [1.165, 1.54) is 11.3 Å². The fourth-order valence-electron chi connectivity index (χ4n) is 1.76. The van der Waals surface area contributed by atoms with Crippen molar-refractivity contribution in [2.24, 2.45) is 0 Å². The average Bonchev–Trinajstić information content (AvgIpc) is 2.73. The molecule has 0 amide bonds. The van der Waals surface area contributed by atoms with Gasteiger partial charge in [0.25, 0.3) is 0 Å². The van der Waals surface area contributed by atoms with Crippen molar-refractivity contribution in [2.45, 2.75) is 20.8 Å². The zero-order chi connectivity index (χ0) is 13.8. The molecule has 0 radical (unpaired) electrons. The van der Waals surface area contributed by atoms with Crippen LogP contribution in [0.4, 0.5) is 10.8 Å². The van der Waals surface area contributed by atoms with Gasteiger partial charge >= 0.3 is 5.13 Å². The van der Waals surface area contributed by atoms with Crippen molar-refractivity contribution in [1.82, 2.24) is 0 Å². The Hall–Kier alpha value is -1.88. The van der Waals surface area contributed by atoms with E-state index in [-0.39, 0.29) is 5.78 Å². The van der Waals surface area contributed by atoms with E-state index in [9.17, 15) is 4.79 Å². The molecule has 5 heteroatoms. The molecule has 0 saturated carbocycles. The Kier molecular flexibility index (Phi) is 4.16. The molecule has 0 bridgehead atoms. The summed E-state index contributed by atoms with van der Waals surface area (Å²) in [5.74, 6) is 0.933. The number of carbonyl (C=O) groups excluding carboxylic acids is 1. The molecule has 0 aliphatic rings. The standard InChI is InChI=1S/C14H16N2O2S/c1-4-18-12-7-5-11(6-8-12)16-14-15-9(2)13(19-14)10(3)17/h5-8H,4H2,1-3H3,(H,15,16)/p+1. The van der Waals surface area contributed by atoms with Crippen molar-refractivity contribution in [2.75, 3.05) is 11.9 Å². The van der Waals surface area contributed by atoms with Crippen molar-refractivity contribution in [1.29, 1.82) is 0 Å². The van der Waals surface area contributed by atoms with Gasteiger partial charge in [-0.3, -0.25) is 4.79 Å². The fourth-order valence-corrected chi connectivity index (χ4v) is 2.68. The molecule has 0 saturated heterocycles. The number of carbonyl (C=O) groups is 1. The van der Waals surface area contributed by atoms with Crippen molar-refractivity contribution < 1.29 is 14.5 Å². The van der Waals surface area contributed by atoms with Gasteiger partial charge in [0.1, 0.15) is 22.0 Å². The minimum absolute atomic E-state index is 0.0819. The Morgan fingerprint density at radius 1 is 1.37 bits per heavy atom. The number of benzene rings is 1. The Morgan fingerprint density at radius 2 is 2.05 bits per heavy atom. The van der Waals surface area contributed by atoms with E-state index in [0.717, 1.165) is 27.1 Å². The van der Waals surface area contributed by atoms with Crippen LogP contribution in [-0.4, -0.2) is 12.4 Å². The smallest absolute Gasteiger partial charge is 0.337 e. The highest BCUT2D eigenvalue weighted by atomic mass is 32.1. The van der Waals surface area contributed by atoms with Gasteiger partial charge in [0.05, 0.1) is 6.61 Å². The van der Waals surface area contributed by atoms with Gasteiger partial charge in [-0.05, 0) is 49.4 Å². The normalized spacial score (nSPS) is 10.3. The Balaban J connectivity index is 2.12. The molecule has 0 spiro atoms. The number of ether oxygens (including phenoxy) is 1. The second kappa shape index (κ2) is 5.84. The molecule has 2 N–H and O–H groups in total. The van der Waals surface area contributed by atoms with Gasteiger partial charge in [0.15, 0.2) is 5.78 Å². The van der Waals surface area contributed by atoms with Crippen LogP contribution in [0.1, 0.15) is 29.2 Å². The zero-order valence-electron chi connectivity index (χ0n) is 11.2. The molecule has 0 aliphatic heterocycles. The zero-order valence-corrected chi connectivity index (χ0v) is 12.1. The van der Waals surface area contributed by atoms with Crippen molar-refractivity contribution >= 4 is 27.9 Å². The van der Waals surface area contributed by atoms with E-state index in [1.54, 1.807) is 6.92 Å². The number of Topliss-reactive ketones (excluding diaryl/α,β-unsaturated/α-hetero) is 1. The second-order valence-electron chi connectivity index (χ2n) is 4.15. The lowest BCUT2D eigenvalue weighted by molar-refractivity contribution is -0.364. The number of ketones is 1. The summed E-state index contributed by atoms with van der Waals surface area (Å²) in [6, 6.07) is 7.72. The van der Waals surface area contributed by atoms with Crippen LogP contribution in [0.5, 0.6) is 5.75 Å². The maximum absolute atomic E-state index is 11.4. The van der Waals surface area contributed by atoms with E-state index in [1.807, 2.05) is 38.1 Å². The summed E-state index contributed by atoms with van der Waals surface area (Å²) in [7, 11) is 0. The number of aryl methyl sites for hydroxylation is 1. The molecule has 0 aliphatic carbocycles. The summed E-state index contributed by atoms with van der Waals surface area (Å²) in [4.78, 5) is 15.3. The number of anilines is 2. The maximum Gasteiger partial charge on any atom is 0.337 e. The highest BCUT2D eigenvalue weighted by molar-refractivity contribution is 7.17. The fraction of sp³-hybridized carbons (Fsp3) is 0.286. The number of nitrogens with one attached hydrogen (secondary N) is 2. The molecule has 1 aromatic heterocycles. The van der Waals surface area contributed by atoms with Crippen LogP contribution in [0.25, 0.3) is 0 Å². The largest absolute Gasteiger partial charge is 0.494 e. The predicted molar refractivity (Wildman–Crippen MR) is 76.5 cm³/mol. The minimum atomic E-state index is 0.0819. The number of H-pyrrole nitrogens is 1. The van der Waals surface area contributed by atoms with Crippen molar-refractivity contribution in [3.8, 4) is 5.75 Å². The molecular formula is C14H17N2O2S+. The lowest BCUT2D eigenvalue weighted by Crippen LogP contribution is -2.08. The number of hydrogen-bond acceptors (Lipinski definition) is 4. The molecule has 4 nitrogen and oxygen atoms in total. The van der Waals surface area contributed by atoms with Crippen LogP contribution in [0.2, 0.25) is 0 Å². The highest BCUT2D eigenvalue weighted by Crippen LogP contribution is 2.23. The number of aromatic nitrogens is 1.